The average molecular weight is 472 g/mol. The SMILES string of the molecule is [2H]C([2H])([2H])c1cnc(-c2cccc3c2sc2c4[c](ccc23)[Ge]([CH3])([CH3])[c]2ccccc2-4)cc1C([2H])([2H])[2H]. The summed E-state index contributed by atoms with van der Waals surface area (Å²) in [5.41, 5.74) is 3.57. The van der Waals surface area contributed by atoms with Crippen LogP contribution in [-0.2, 0) is 0 Å². The van der Waals surface area contributed by atoms with Gasteiger partial charge in [-0.15, -0.1) is 0 Å². The molecule has 0 amide bonds. The summed E-state index contributed by atoms with van der Waals surface area (Å²) < 4.78 is 52.5. The van der Waals surface area contributed by atoms with Gasteiger partial charge in [0.1, 0.15) is 0 Å². The van der Waals surface area contributed by atoms with Crippen molar-refractivity contribution in [1.29, 1.82) is 0 Å². The van der Waals surface area contributed by atoms with Gasteiger partial charge in [-0.05, 0) is 0 Å². The molecule has 0 N–H and O–H groups in total. The number of hydrogen-bond donors (Lipinski definition) is 0. The van der Waals surface area contributed by atoms with Crippen LogP contribution in [0.4, 0.5) is 0 Å². The zero-order valence-corrected chi connectivity index (χ0v) is 19.6. The summed E-state index contributed by atoms with van der Waals surface area (Å²) in [6.45, 7) is -5.11. The van der Waals surface area contributed by atoms with Crippen molar-refractivity contribution in [3.63, 3.8) is 0 Å². The topological polar surface area (TPSA) is 12.9 Å². The van der Waals surface area contributed by atoms with Crippen molar-refractivity contribution in [2.24, 2.45) is 0 Å². The minimum atomic E-state index is -2.56. The number of benzene rings is 3. The molecule has 0 bridgehead atoms. The Balaban J connectivity index is 1.64. The van der Waals surface area contributed by atoms with Gasteiger partial charge in [0, 0.05) is 0 Å². The minimum absolute atomic E-state index is 0.171. The van der Waals surface area contributed by atoms with E-state index >= 15 is 0 Å². The number of pyridine rings is 1. The number of fused-ring (bicyclic) bond motifs is 7. The first-order valence-corrected chi connectivity index (χ1v) is 17.1. The van der Waals surface area contributed by atoms with E-state index in [-0.39, 0.29) is 11.1 Å². The van der Waals surface area contributed by atoms with Crippen molar-refractivity contribution in [2.45, 2.75) is 25.2 Å². The van der Waals surface area contributed by atoms with Crippen molar-refractivity contribution in [3.8, 4) is 22.4 Å². The summed E-state index contributed by atoms with van der Waals surface area (Å²) in [4.78, 5) is 4.45. The maximum absolute atomic E-state index is 7.96. The van der Waals surface area contributed by atoms with Crippen LogP contribution in [-0.4, -0.2) is 18.3 Å². The number of aromatic nitrogens is 1. The van der Waals surface area contributed by atoms with E-state index in [2.05, 4.69) is 59.0 Å². The fourth-order valence-electron chi connectivity index (χ4n) is 4.85. The predicted octanol–water partition coefficient (Wildman–Crippen LogP) is 6.54. The Hall–Kier alpha value is -2.43. The second-order valence-corrected chi connectivity index (χ2v) is 18.5. The van der Waals surface area contributed by atoms with Gasteiger partial charge in [-0.2, -0.15) is 0 Å². The van der Waals surface area contributed by atoms with Crippen LogP contribution in [0.1, 0.15) is 19.4 Å². The molecule has 0 fully saturated rings. The molecule has 1 aliphatic rings. The molecule has 1 aliphatic heterocycles. The van der Waals surface area contributed by atoms with Crippen LogP contribution < -0.4 is 8.79 Å². The molecule has 5 aromatic rings. The third-order valence-corrected chi connectivity index (χ3v) is 15.1. The van der Waals surface area contributed by atoms with Crippen LogP contribution in [0.5, 0.6) is 0 Å². The summed E-state index contributed by atoms with van der Waals surface area (Å²) in [5.74, 6) is 4.89. The van der Waals surface area contributed by atoms with Gasteiger partial charge in [-0.3, -0.25) is 0 Å². The zero-order chi connectivity index (χ0) is 25.6. The molecule has 0 aliphatic carbocycles. The van der Waals surface area contributed by atoms with Gasteiger partial charge in [0.25, 0.3) is 0 Å². The Morgan fingerprint density at radius 3 is 2.47 bits per heavy atom. The van der Waals surface area contributed by atoms with Crippen molar-refractivity contribution in [2.75, 3.05) is 0 Å². The van der Waals surface area contributed by atoms with Crippen LogP contribution in [0.15, 0.2) is 66.9 Å². The summed E-state index contributed by atoms with van der Waals surface area (Å²) in [6, 6.07) is 20.7. The van der Waals surface area contributed by atoms with Gasteiger partial charge in [-0.1, -0.05) is 0 Å². The van der Waals surface area contributed by atoms with Crippen LogP contribution in [0, 0.1) is 13.7 Å². The standard InChI is InChI=1S/C27H23GeNS/c1-16-14-24(29-15-17(16)2)21-10-7-9-18-19-12-13-23-25(27(19)30-26(18)21)20-8-5-6-11-22(20)28(23,3)4/h5-15H,1-4H3/i1D3,2D3. The van der Waals surface area contributed by atoms with Gasteiger partial charge < -0.3 is 0 Å². The predicted molar refractivity (Wildman–Crippen MR) is 134 cm³/mol. The van der Waals surface area contributed by atoms with E-state index in [0.717, 1.165) is 15.6 Å². The Labute approximate surface area is 192 Å². The fourth-order valence-corrected chi connectivity index (χ4v) is 12.9. The number of thiophene rings is 1. The molecule has 0 radical (unpaired) electrons. The Bertz CT molecular complexity index is 1700. The van der Waals surface area contributed by atoms with Crippen LogP contribution in [0.2, 0.25) is 11.5 Å². The van der Waals surface area contributed by atoms with Crippen LogP contribution in [0.25, 0.3) is 42.6 Å². The summed E-state index contributed by atoms with van der Waals surface area (Å²) in [7, 11) is 0. The molecule has 0 atom stereocenters. The maximum atomic E-state index is 7.96. The average Bonchev–Trinajstić information content (AvgIpc) is 3.31. The van der Waals surface area contributed by atoms with Gasteiger partial charge in [0.15, 0.2) is 0 Å². The molecule has 6 rings (SSSR count). The molecule has 0 saturated heterocycles. The molecule has 2 aromatic heterocycles. The van der Waals surface area contributed by atoms with Crippen molar-refractivity contribution < 1.29 is 8.22 Å². The normalized spacial score (nSPS) is 18.1. The quantitative estimate of drug-likeness (QED) is 0.253. The van der Waals surface area contributed by atoms with Crippen LogP contribution >= 0.6 is 11.3 Å². The molecular weight excluding hydrogens is 443 g/mol. The fraction of sp³-hybridized carbons (Fsp3) is 0.148. The van der Waals surface area contributed by atoms with E-state index in [4.69, 9.17) is 8.22 Å². The third kappa shape index (κ3) is 2.38. The second kappa shape index (κ2) is 6.29. The summed E-state index contributed by atoms with van der Waals surface area (Å²) >= 11 is -0.681. The van der Waals surface area contributed by atoms with Crippen LogP contribution in [0.3, 0.4) is 0 Å². The molecule has 146 valence electrons. The molecule has 0 saturated carbocycles. The van der Waals surface area contributed by atoms with Crippen molar-refractivity contribution in [1.82, 2.24) is 4.98 Å². The monoisotopic (exact) mass is 473 g/mol. The molecule has 3 heteroatoms. The van der Waals surface area contributed by atoms with E-state index in [1.807, 2.05) is 12.1 Å². The first-order valence-electron chi connectivity index (χ1n) is 13.0. The van der Waals surface area contributed by atoms with E-state index in [1.165, 1.54) is 42.3 Å². The zero-order valence-electron chi connectivity index (χ0n) is 22.7. The van der Waals surface area contributed by atoms with Gasteiger partial charge in [0.05, 0.1) is 0 Å². The molecule has 3 heterocycles. The van der Waals surface area contributed by atoms with E-state index < -0.39 is 27.0 Å². The molecule has 0 spiro atoms. The molecule has 30 heavy (non-hydrogen) atoms. The third-order valence-electron chi connectivity index (χ3n) is 6.39. The number of nitrogens with zero attached hydrogens (tertiary/aromatic N) is 1. The van der Waals surface area contributed by atoms with Gasteiger partial charge in [0.2, 0.25) is 0 Å². The summed E-state index contributed by atoms with van der Waals surface area (Å²) in [5, 5.41) is 2.28. The van der Waals surface area contributed by atoms with E-state index in [0.29, 0.717) is 5.69 Å². The number of aryl methyl sites for hydroxylation is 2. The van der Waals surface area contributed by atoms with Crippen molar-refractivity contribution >= 4 is 53.6 Å². The summed E-state index contributed by atoms with van der Waals surface area (Å²) in [6.07, 6.45) is 1.21. The first kappa shape index (κ1) is 13.1. The Morgan fingerprint density at radius 2 is 1.60 bits per heavy atom. The molecular formula is C27H23GeNS. The number of hydrogen-bond acceptors (Lipinski definition) is 2. The molecule has 1 nitrogen and oxygen atoms in total. The van der Waals surface area contributed by atoms with E-state index in [9.17, 15) is 0 Å². The van der Waals surface area contributed by atoms with Gasteiger partial charge >= 0.3 is 192 Å². The Morgan fingerprint density at radius 1 is 0.800 bits per heavy atom. The first-order chi connectivity index (χ1) is 16.9. The van der Waals surface area contributed by atoms with Gasteiger partial charge in [-0.25, -0.2) is 0 Å². The Kier molecular flexibility index (Phi) is 2.74. The molecule has 3 aromatic carbocycles. The second-order valence-electron chi connectivity index (χ2n) is 8.43. The van der Waals surface area contributed by atoms with Crippen molar-refractivity contribution in [3.05, 3.63) is 78.0 Å². The van der Waals surface area contributed by atoms with E-state index in [1.54, 1.807) is 11.3 Å². The number of rotatable bonds is 1. The molecule has 0 unspecified atom stereocenters.